The summed E-state index contributed by atoms with van der Waals surface area (Å²) >= 11 is 0. The molecule has 0 saturated heterocycles. The van der Waals surface area contributed by atoms with Gasteiger partial charge < -0.3 is 20.9 Å². The van der Waals surface area contributed by atoms with Gasteiger partial charge in [0, 0.05) is 24.0 Å². The predicted octanol–water partition coefficient (Wildman–Crippen LogP) is 1.15. The quantitative estimate of drug-likeness (QED) is 0.329. The fourth-order valence-electron chi connectivity index (χ4n) is 2.14. The number of oxime groups is 1. The molecule has 0 radical (unpaired) electrons. The molecular weight excluding hydrogens is 256 g/mol. The van der Waals surface area contributed by atoms with Gasteiger partial charge in [-0.15, -0.1) is 0 Å². The molecule has 0 aliphatic carbocycles. The Kier molecular flexibility index (Phi) is 4.37. The summed E-state index contributed by atoms with van der Waals surface area (Å²) in [6, 6.07) is 9.29. The summed E-state index contributed by atoms with van der Waals surface area (Å²) < 4.78 is 0. The number of aliphatic hydroxyl groups excluding tert-OH is 1. The van der Waals surface area contributed by atoms with Crippen molar-refractivity contribution in [2.45, 2.75) is 6.92 Å². The summed E-state index contributed by atoms with van der Waals surface area (Å²) in [4.78, 5) is 6.50. The van der Waals surface area contributed by atoms with Crippen molar-refractivity contribution in [3.63, 3.8) is 0 Å². The Bertz CT molecular complexity index is 628. The first-order valence-electron chi connectivity index (χ1n) is 6.44. The van der Waals surface area contributed by atoms with Crippen LogP contribution >= 0.6 is 0 Å². The number of aliphatic hydroxyl groups is 1. The monoisotopic (exact) mass is 274 g/mol. The number of hydrogen-bond acceptors (Lipinski definition) is 5. The number of anilines is 1. The van der Waals surface area contributed by atoms with E-state index in [2.05, 4.69) is 10.1 Å². The maximum absolute atomic E-state index is 9.11. The number of benzene rings is 1. The molecule has 1 aromatic carbocycles. The maximum atomic E-state index is 9.11. The van der Waals surface area contributed by atoms with Crippen molar-refractivity contribution in [1.29, 1.82) is 0 Å². The number of aromatic nitrogens is 1. The smallest absolute Gasteiger partial charge is 0.170 e. The van der Waals surface area contributed by atoms with Crippen LogP contribution < -0.4 is 10.6 Å². The number of nitrogens with zero attached hydrogens (tertiary/aromatic N) is 3. The molecule has 2 aromatic rings. The van der Waals surface area contributed by atoms with E-state index in [-0.39, 0.29) is 12.4 Å². The highest BCUT2D eigenvalue weighted by Crippen LogP contribution is 2.22. The van der Waals surface area contributed by atoms with Crippen LogP contribution in [0.15, 0.2) is 35.5 Å². The molecular formula is C14H18N4O2. The second-order valence-electron chi connectivity index (χ2n) is 4.33. The second kappa shape index (κ2) is 6.21. The van der Waals surface area contributed by atoms with E-state index < -0.39 is 0 Å². The third-order valence-corrected chi connectivity index (χ3v) is 3.16. The molecule has 0 aliphatic heterocycles. The Morgan fingerprint density at radius 1 is 1.40 bits per heavy atom. The summed E-state index contributed by atoms with van der Waals surface area (Å²) in [5, 5.41) is 21.9. The molecule has 4 N–H and O–H groups in total. The lowest BCUT2D eigenvalue weighted by atomic mass is 10.1. The van der Waals surface area contributed by atoms with Gasteiger partial charge in [-0.3, -0.25) is 0 Å². The van der Waals surface area contributed by atoms with Crippen molar-refractivity contribution in [2.24, 2.45) is 10.9 Å². The van der Waals surface area contributed by atoms with Crippen LogP contribution in [0.2, 0.25) is 0 Å². The van der Waals surface area contributed by atoms with E-state index in [4.69, 9.17) is 16.0 Å². The van der Waals surface area contributed by atoms with Gasteiger partial charge in [0.1, 0.15) is 5.82 Å². The van der Waals surface area contributed by atoms with E-state index in [0.29, 0.717) is 24.5 Å². The van der Waals surface area contributed by atoms with Crippen molar-refractivity contribution in [3.8, 4) is 0 Å². The molecule has 0 saturated carbocycles. The van der Waals surface area contributed by atoms with E-state index >= 15 is 0 Å². The van der Waals surface area contributed by atoms with E-state index in [0.717, 1.165) is 10.9 Å². The molecule has 106 valence electrons. The van der Waals surface area contributed by atoms with Crippen LogP contribution in [-0.4, -0.2) is 40.8 Å². The van der Waals surface area contributed by atoms with E-state index in [1.165, 1.54) is 0 Å². The van der Waals surface area contributed by atoms with E-state index in [9.17, 15) is 0 Å². The number of hydrogen-bond donors (Lipinski definition) is 3. The number of likely N-dealkylation sites (N-methyl/N-ethyl adjacent to an activating group) is 1. The molecule has 6 heteroatoms. The van der Waals surface area contributed by atoms with Crippen LogP contribution in [-0.2, 0) is 0 Å². The van der Waals surface area contributed by atoms with Crippen LogP contribution in [0.1, 0.15) is 12.5 Å². The predicted molar refractivity (Wildman–Crippen MR) is 79.2 cm³/mol. The minimum atomic E-state index is 0.0429. The van der Waals surface area contributed by atoms with Gasteiger partial charge in [-0.2, -0.15) is 0 Å². The first-order chi connectivity index (χ1) is 9.71. The molecule has 0 fully saturated rings. The lowest BCUT2D eigenvalue weighted by molar-refractivity contribution is 0.302. The van der Waals surface area contributed by atoms with Gasteiger partial charge in [0.25, 0.3) is 0 Å². The van der Waals surface area contributed by atoms with Gasteiger partial charge in [0.05, 0.1) is 12.1 Å². The lowest BCUT2D eigenvalue weighted by Crippen LogP contribution is -2.27. The van der Waals surface area contributed by atoms with Crippen molar-refractivity contribution < 1.29 is 10.3 Å². The summed E-state index contributed by atoms with van der Waals surface area (Å²) in [6.07, 6.45) is 0. The maximum Gasteiger partial charge on any atom is 0.170 e. The van der Waals surface area contributed by atoms with Gasteiger partial charge in [-0.1, -0.05) is 23.4 Å². The number of pyridine rings is 1. The Balaban J connectivity index is 2.63. The molecule has 0 aliphatic rings. The number of fused-ring (bicyclic) bond motifs is 1. The number of para-hydroxylation sites is 1. The standard InChI is InChI=1S/C14H18N4O2/c1-2-18(7-8-19)13-9-11(14(15)17-20)10-5-3-4-6-12(10)16-13/h3-6,9,19-20H,2,7-8H2,1H3,(H2,15,17). The molecule has 1 aromatic heterocycles. The van der Waals surface area contributed by atoms with E-state index in [1.54, 1.807) is 6.07 Å². The van der Waals surface area contributed by atoms with Gasteiger partial charge in [0.15, 0.2) is 5.84 Å². The van der Waals surface area contributed by atoms with Crippen LogP contribution in [0.4, 0.5) is 5.82 Å². The van der Waals surface area contributed by atoms with Gasteiger partial charge >= 0.3 is 0 Å². The Morgan fingerprint density at radius 3 is 2.80 bits per heavy atom. The van der Waals surface area contributed by atoms with Crippen LogP contribution in [0.3, 0.4) is 0 Å². The zero-order valence-corrected chi connectivity index (χ0v) is 11.3. The van der Waals surface area contributed by atoms with Crippen LogP contribution in [0.5, 0.6) is 0 Å². The highest BCUT2D eigenvalue weighted by Gasteiger charge is 2.12. The Morgan fingerprint density at radius 2 is 2.15 bits per heavy atom. The molecule has 0 amide bonds. The SMILES string of the molecule is CCN(CCO)c1cc(C(N)=NO)c2ccccc2n1. The molecule has 2 rings (SSSR count). The summed E-state index contributed by atoms with van der Waals surface area (Å²) in [6.45, 7) is 3.22. The minimum absolute atomic E-state index is 0.0429. The topological polar surface area (TPSA) is 95.0 Å². The molecule has 0 atom stereocenters. The fourth-order valence-corrected chi connectivity index (χ4v) is 2.14. The lowest BCUT2D eigenvalue weighted by Gasteiger charge is -2.22. The average molecular weight is 274 g/mol. The number of nitrogens with two attached hydrogens (primary N) is 1. The molecule has 1 heterocycles. The minimum Gasteiger partial charge on any atom is -0.409 e. The second-order valence-corrected chi connectivity index (χ2v) is 4.33. The summed E-state index contributed by atoms with van der Waals surface area (Å²) in [5.74, 6) is 0.742. The average Bonchev–Trinajstić information content (AvgIpc) is 2.50. The third-order valence-electron chi connectivity index (χ3n) is 3.16. The van der Waals surface area contributed by atoms with E-state index in [1.807, 2.05) is 36.1 Å². The van der Waals surface area contributed by atoms with Gasteiger partial charge in [0.2, 0.25) is 0 Å². The van der Waals surface area contributed by atoms with Gasteiger partial charge in [-0.25, -0.2) is 4.98 Å². The number of rotatable bonds is 5. The normalized spacial score (nSPS) is 11.8. The highest BCUT2D eigenvalue weighted by atomic mass is 16.4. The van der Waals surface area contributed by atoms with Crippen molar-refractivity contribution in [1.82, 2.24) is 4.98 Å². The fraction of sp³-hybridized carbons (Fsp3) is 0.286. The van der Waals surface area contributed by atoms with Crippen molar-refractivity contribution in [2.75, 3.05) is 24.6 Å². The van der Waals surface area contributed by atoms with Crippen molar-refractivity contribution in [3.05, 3.63) is 35.9 Å². The van der Waals surface area contributed by atoms with Crippen LogP contribution in [0.25, 0.3) is 10.9 Å². The largest absolute Gasteiger partial charge is 0.409 e. The van der Waals surface area contributed by atoms with Gasteiger partial charge in [-0.05, 0) is 19.1 Å². The zero-order chi connectivity index (χ0) is 14.5. The molecule has 6 nitrogen and oxygen atoms in total. The van der Waals surface area contributed by atoms with Crippen LogP contribution in [0, 0.1) is 0 Å². The zero-order valence-electron chi connectivity index (χ0n) is 11.3. The molecule has 20 heavy (non-hydrogen) atoms. The molecule has 0 spiro atoms. The van der Waals surface area contributed by atoms with Crippen molar-refractivity contribution >= 4 is 22.6 Å². The summed E-state index contributed by atoms with van der Waals surface area (Å²) in [5.41, 5.74) is 7.14. The Hall–Kier alpha value is -2.34. The number of amidine groups is 1. The first-order valence-corrected chi connectivity index (χ1v) is 6.44. The summed E-state index contributed by atoms with van der Waals surface area (Å²) in [7, 11) is 0. The Labute approximate surface area is 117 Å². The molecule has 0 bridgehead atoms. The highest BCUT2D eigenvalue weighted by molar-refractivity contribution is 6.08. The first kappa shape index (κ1) is 14.1. The molecule has 0 unspecified atom stereocenters. The third kappa shape index (κ3) is 2.65.